The first-order valence-electron chi connectivity index (χ1n) is 11.1. The number of rotatable bonds is 5. The summed E-state index contributed by atoms with van der Waals surface area (Å²) >= 11 is 0. The number of nitrogens with zero attached hydrogens (tertiary/aromatic N) is 4. The number of methoxy groups -OCH3 is 1. The molecular formula is C22H31N5O4. The maximum atomic E-state index is 13.2. The molecule has 31 heavy (non-hydrogen) atoms. The summed E-state index contributed by atoms with van der Waals surface area (Å²) in [6.07, 6.45) is 3.29. The van der Waals surface area contributed by atoms with E-state index in [9.17, 15) is 14.4 Å². The van der Waals surface area contributed by atoms with Crippen molar-refractivity contribution in [1.29, 1.82) is 0 Å². The monoisotopic (exact) mass is 429 g/mol. The largest absolute Gasteiger partial charge is 0.375 e. The summed E-state index contributed by atoms with van der Waals surface area (Å²) in [4.78, 5) is 46.3. The van der Waals surface area contributed by atoms with Gasteiger partial charge >= 0.3 is 0 Å². The Hall–Kier alpha value is -2.68. The van der Waals surface area contributed by atoms with Crippen molar-refractivity contribution in [2.75, 3.05) is 33.4 Å². The third-order valence-electron chi connectivity index (χ3n) is 6.61. The van der Waals surface area contributed by atoms with Crippen LogP contribution >= 0.6 is 0 Å². The number of H-pyrrole nitrogens is 1. The molecule has 168 valence electrons. The number of aromatic nitrogens is 3. The second-order valence-corrected chi connectivity index (χ2v) is 8.68. The van der Waals surface area contributed by atoms with E-state index >= 15 is 0 Å². The second-order valence-electron chi connectivity index (χ2n) is 8.68. The van der Waals surface area contributed by atoms with Gasteiger partial charge in [-0.05, 0) is 19.3 Å². The number of likely N-dealkylation sites (tertiary alicyclic amines) is 1. The van der Waals surface area contributed by atoms with Crippen LogP contribution in [0.15, 0.2) is 10.9 Å². The van der Waals surface area contributed by atoms with E-state index in [2.05, 4.69) is 5.10 Å². The van der Waals surface area contributed by atoms with Crippen LogP contribution in [0.1, 0.15) is 56.0 Å². The van der Waals surface area contributed by atoms with Gasteiger partial charge in [-0.2, -0.15) is 0 Å². The Kier molecular flexibility index (Phi) is 6.13. The lowest BCUT2D eigenvalue weighted by Crippen LogP contribution is -2.42. The average molecular weight is 430 g/mol. The summed E-state index contributed by atoms with van der Waals surface area (Å²) in [6, 6.07) is 1.94. The zero-order valence-electron chi connectivity index (χ0n) is 18.5. The highest BCUT2D eigenvalue weighted by Gasteiger charge is 2.29. The van der Waals surface area contributed by atoms with Gasteiger partial charge < -0.3 is 14.5 Å². The average Bonchev–Trinajstić information content (AvgIpc) is 3.22. The van der Waals surface area contributed by atoms with Gasteiger partial charge in [-0.15, -0.1) is 0 Å². The van der Waals surface area contributed by atoms with Crippen molar-refractivity contribution in [3.8, 4) is 0 Å². The molecule has 0 radical (unpaired) electrons. The first-order valence-corrected chi connectivity index (χ1v) is 11.1. The maximum absolute atomic E-state index is 13.2. The van der Waals surface area contributed by atoms with Crippen molar-refractivity contribution in [3.05, 3.63) is 33.4 Å². The molecule has 9 heteroatoms. The van der Waals surface area contributed by atoms with Gasteiger partial charge in [0.2, 0.25) is 11.8 Å². The molecule has 0 aliphatic carbocycles. The Balaban J connectivity index is 1.59. The van der Waals surface area contributed by atoms with Crippen molar-refractivity contribution in [1.82, 2.24) is 24.4 Å². The molecule has 2 aliphatic rings. The van der Waals surface area contributed by atoms with Crippen LogP contribution < -0.4 is 5.56 Å². The van der Waals surface area contributed by atoms with Crippen LogP contribution in [-0.2, 0) is 27.3 Å². The van der Waals surface area contributed by atoms with E-state index < -0.39 is 0 Å². The molecule has 4 rings (SSSR count). The summed E-state index contributed by atoms with van der Waals surface area (Å²) in [5.74, 6) is 0.258. The van der Waals surface area contributed by atoms with Crippen LogP contribution in [0.3, 0.4) is 0 Å². The third-order valence-corrected chi connectivity index (χ3v) is 6.61. The van der Waals surface area contributed by atoms with E-state index in [1.54, 1.807) is 4.90 Å². The molecule has 0 unspecified atom stereocenters. The van der Waals surface area contributed by atoms with Gasteiger partial charge in [-0.1, -0.05) is 13.8 Å². The van der Waals surface area contributed by atoms with Gasteiger partial charge in [0, 0.05) is 56.8 Å². The first-order chi connectivity index (χ1) is 14.9. The minimum absolute atomic E-state index is 0.00649. The van der Waals surface area contributed by atoms with Crippen LogP contribution in [0, 0.1) is 5.92 Å². The standard InChI is InChI=1S/C22H31N5O4/c1-4-14(2)21(29)26-8-5-6-15(11-26)18-10-19-23-17-7-9-25(20(28)13-31-3)12-16(17)22(30)27(19)24-18/h10,14-15,24H,4-9,11-13H2,1-3H3/t14-,15+/m0/s1. The molecular weight excluding hydrogens is 398 g/mol. The van der Waals surface area contributed by atoms with Crippen molar-refractivity contribution >= 4 is 17.5 Å². The number of carbonyl (C=O) groups excluding carboxylic acids is 2. The molecule has 1 saturated heterocycles. The molecule has 4 heterocycles. The van der Waals surface area contributed by atoms with Gasteiger partial charge in [-0.25, -0.2) is 9.50 Å². The van der Waals surface area contributed by atoms with Gasteiger partial charge in [0.1, 0.15) is 6.61 Å². The highest BCUT2D eigenvalue weighted by Crippen LogP contribution is 2.28. The fourth-order valence-electron chi connectivity index (χ4n) is 4.55. The lowest BCUT2D eigenvalue weighted by atomic mass is 9.93. The molecule has 1 N–H and O–H groups in total. The lowest BCUT2D eigenvalue weighted by molar-refractivity contribution is -0.137. The molecule has 9 nitrogen and oxygen atoms in total. The molecule has 0 spiro atoms. The second kappa shape index (κ2) is 8.82. The van der Waals surface area contributed by atoms with E-state index in [1.165, 1.54) is 11.6 Å². The third kappa shape index (κ3) is 4.11. The zero-order valence-corrected chi connectivity index (χ0v) is 18.5. The number of nitrogens with one attached hydrogen (secondary N) is 1. The van der Waals surface area contributed by atoms with E-state index in [4.69, 9.17) is 9.72 Å². The number of hydrogen-bond acceptors (Lipinski definition) is 5. The summed E-state index contributed by atoms with van der Waals surface area (Å²) in [6.45, 7) is 6.24. The smallest absolute Gasteiger partial charge is 0.277 e. The zero-order chi connectivity index (χ0) is 22.1. The van der Waals surface area contributed by atoms with Crippen LogP contribution in [-0.4, -0.2) is 69.6 Å². The van der Waals surface area contributed by atoms with Gasteiger partial charge in [0.25, 0.3) is 5.56 Å². The molecule has 2 aromatic heterocycles. The number of hydrogen-bond donors (Lipinski definition) is 1. The van der Waals surface area contributed by atoms with E-state index in [0.29, 0.717) is 30.7 Å². The summed E-state index contributed by atoms with van der Waals surface area (Å²) in [7, 11) is 1.49. The number of ether oxygens (including phenoxy) is 1. The molecule has 2 aromatic rings. The van der Waals surface area contributed by atoms with E-state index in [1.807, 2.05) is 24.8 Å². The Morgan fingerprint density at radius 3 is 2.87 bits per heavy atom. The quantitative estimate of drug-likeness (QED) is 0.772. The van der Waals surface area contributed by atoms with Crippen molar-refractivity contribution in [3.63, 3.8) is 0 Å². The number of piperidine rings is 1. The van der Waals surface area contributed by atoms with Crippen LogP contribution in [0.25, 0.3) is 5.65 Å². The Labute approximate surface area is 181 Å². The fraction of sp³-hybridized carbons (Fsp3) is 0.636. The Morgan fingerprint density at radius 2 is 2.13 bits per heavy atom. The fourth-order valence-corrected chi connectivity index (χ4v) is 4.55. The van der Waals surface area contributed by atoms with Crippen molar-refractivity contribution in [2.24, 2.45) is 5.92 Å². The van der Waals surface area contributed by atoms with Gasteiger partial charge in [-0.3, -0.25) is 19.5 Å². The lowest BCUT2D eigenvalue weighted by Gasteiger charge is -2.33. The topological polar surface area (TPSA) is 100 Å². The Bertz CT molecular complexity index is 1040. The molecule has 2 aliphatic heterocycles. The normalized spacial score (nSPS) is 20.0. The number of amides is 2. The first kappa shape index (κ1) is 21.5. The van der Waals surface area contributed by atoms with Crippen molar-refractivity contribution < 1.29 is 14.3 Å². The summed E-state index contributed by atoms with van der Waals surface area (Å²) in [5, 5.41) is 3.23. The molecule has 2 amide bonds. The van der Waals surface area contributed by atoms with Gasteiger partial charge in [0.15, 0.2) is 5.65 Å². The predicted octanol–water partition coefficient (Wildman–Crippen LogP) is 1.31. The maximum Gasteiger partial charge on any atom is 0.277 e. The molecule has 0 saturated carbocycles. The number of fused-ring (bicyclic) bond motifs is 2. The van der Waals surface area contributed by atoms with Gasteiger partial charge in [0.05, 0.1) is 17.8 Å². The van der Waals surface area contributed by atoms with Crippen LogP contribution in [0.4, 0.5) is 0 Å². The highest BCUT2D eigenvalue weighted by molar-refractivity contribution is 5.78. The van der Waals surface area contributed by atoms with E-state index in [0.717, 1.165) is 37.2 Å². The summed E-state index contributed by atoms with van der Waals surface area (Å²) in [5.41, 5.74) is 2.68. The Morgan fingerprint density at radius 1 is 1.32 bits per heavy atom. The minimum atomic E-state index is -0.162. The summed E-state index contributed by atoms with van der Waals surface area (Å²) < 4.78 is 6.42. The van der Waals surface area contributed by atoms with Crippen molar-refractivity contribution in [2.45, 2.75) is 52.0 Å². The van der Waals surface area contributed by atoms with Crippen LogP contribution in [0.5, 0.6) is 0 Å². The molecule has 0 aromatic carbocycles. The SMILES string of the molecule is CC[C@H](C)C(=O)N1CCC[C@@H](c2cc3nc4c(c(=O)n3[nH]2)CN(C(=O)COC)CC4)C1. The van der Waals surface area contributed by atoms with Crippen LogP contribution in [0.2, 0.25) is 0 Å². The molecule has 0 bridgehead atoms. The highest BCUT2D eigenvalue weighted by atomic mass is 16.5. The predicted molar refractivity (Wildman–Crippen MR) is 115 cm³/mol. The number of carbonyl (C=O) groups is 2. The number of aromatic amines is 1. The molecule has 1 fully saturated rings. The minimum Gasteiger partial charge on any atom is -0.375 e. The van der Waals surface area contributed by atoms with E-state index in [-0.39, 0.29) is 42.4 Å². The molecule has 2 atom stereocenters.